The first-order valence-electron chi connectivity index (χ1n) is 9.29. The van der Waals surface area contributed by atoms with Gasteiger partial charge in [0.05, 0.1) is 17.2 Å². The van der Waals surface area contributed by atoms with Crippen LogP contribution in [0.15, 0.2) is 24.3 Å². The van der Waals surface area contributed by atoms with Gasteiger partial charge in [-0.1, -0.05) is 12.1 Å². The SMILES string of the molecule is CC(=O)OCC1CC(OC(C)=O)C(N2C(=O)c3ccccc3C2=O)C(OC(C)=O)O1. The van der Waals surface area contributed by atoms with Gasteiger partial charge < -0.3 is 18.9 Å². The van der Waals surface area contributed by atoms with E-state index in [1.54, 1.807) is 12.1 Å². The first-order chi connectivity index (χ1) is 14.2. The van der Waals surface area contributed by atoms with Crippen LogP contribution in [0, 0.1) is 0 Å². The molecular weight excluding hydrogens is 398 g/mol. The lowest BCUT2D eigenvalue weighted by molar-refractivity contribution is -0.245. The predicted octanol–water partition coefficient (Wildman–Crippen LogP) is 0.824. The highest BCUT2D eigenvalue weighted by molar-refractivity contribution is 6.21. The number of ether oxygens (including phenoxy) is 4. The van der Waals surface area contributed by atoms with Crippen LogP contribution in [0.2, 0.25) is 0 Å². The van der Waals surface area contributed by atoms with E-state index in [-0.39, 0.29) is 24.2 Å². The van der Waals surface area contributed by atoms with E-state index in [4.69, 9.17) is 18.9 Å². The summed E-state index contributed by atoms with van der Waals surface area (Å²) in [5, 5.41) is 0. The molecule has 2 aliphatic rings. The van der Waals surface area contributed by atoms with Gasteiger partial charge in [-0.2, -0.15) is 0 Å². The van der Waals surface area contributed by atoms with Gasteiger partial charge in [0.25, 0.3) is 11.8 Å². The van der Waals surface area contributed by atoms with E-state index in [0.717, 1.165) is 11.8 Å². The monoisotopic (exact) mass is 419 g/mol. The van der Waals surface area contributed by atoms with E-state index in [0.29, 0.717) is 0 Å². The fraction of sp³-hybridized carbons (Fsp3) is 0.450. The van der Waals surface area contributed by atoms with Crippen molar-refractivity contribution in [1.82, 2.24) is 4.90 Å². The summed E-state index contributed by atoms with van der Waals surface area (Å²) in [6.45, 7) is 3.35. The molecule has 0 aliphatic carbocycles. The summed E-state index contributed by atoms with van der Waals surface area (Å²) in [4.78, 5) is 61.4. The van der Waals surface area contributed by atoms with Crippen molar-refractivity contribution in [2.45, 2.75) is 51.7 Å². The number of fused-ring (bicyclic) bond motifs is 1. The molecule has 0 aromatic heterocycles. The summed E-state index contributed by atoms with van der Waals surface area (Å²) in [7, 11) is 0. The predicted molar refractivity (Wildman–Crippen MR) is 98.0 cm³/mol. The summed E-state index contributed by atoms with van der Waals surface area (Å²) >= 11 is 0. The van der Waals surface area contributed by atoms with Gasteiger partial charge >= 0.3 is 17.9 Å². The maximum Gasteiger partial charge on any atom is 0.305 e. The largest absolute Gasteiger partial charge is 0.463 e. The van der Waals surface area contributed by atoms with E-state index < -0.39 is 54.3 Å². The molecule has 1 aromatic carbocycles. The molecule has 4 atom stereocenters. The number of carbonyl (C=O) groups is 5. The Labute approximate surface area is 172 Å². The van der Waals surface area contributed by atoms with Crippen LogP contribution < -0.4 is 0 Å². The minimum absolute atomic E-state index is 0.0166. The number of benzene rings is 1. The molecule has 0 spiro atoms. The average molecular weight is 419 g/mol. The molecule has 1 saturated heterocycles. The molecule has 2 aliphatic heterocycles. The molecule has 1 aromatic rings. The van der Waals surface area contributed by atoms with E-state index in [2.05, 4.69) is 0 Å². The Morgan fingerprint density at radius 3 is 2.03 bits per heavy atom. The van der Waals surface area contributed by atoms with Gasteiger partial charge in [-0.15, -0.1) is 0 Å². The number of carbonyl (C=O) groups excluding carboxylic acids is 5. The normalized spacial score (nSPS) is 25.5. The molecule has 4 unspecified atom stereocenters. The fourth-order valence-corrected chi connectivity index (χ4v) is 3.58. The number of imide groups is 1. The zero-order chi connectivity index (χ0) is 22.0. The molecule has 10 heteroatoms. The lowest BCUT2D eigenvalue weighted by atomic mass is 9.98. The summed E-state index contributed by atoms with van der Waals surface area (Å²) < 4.78 is 21.3. The zero-order valence-electron chi connectivity index (χ0n) is 16.7. The Morgan fingerprint density at radius 2 is 1.53 bits per heavy atom. The van der Waals surface area contributed by atoms with Crippen LogP contribution in [0.25, 0.3) is 0 Å². The van der Waals surface area contributed by atoms with Crippen molar-refractivity contribution in [2.75, 3.05) is 6.61 Å². The summed E-state index contributed by atoms with van der Waals surface area (Å²) in [6, 6.07) is 5.04. The van der Waals surface area contributed by atoms with Crippen molar-refractivity contribution < 1.29 is 42.9 Å². The van der Waals surface area contributed by atoms with Crippen molar-refractivity contribution in [3.05, 3.63) is 35.4 Å². The molecule has 0 N–H and O–H groups in total. The topological polar surface area (TPSA) is 126 Å². The average Bonchev–Trinajstić information content (AvgIpc) is 2.90. The van der Waals surface area contributed by atoms with Crippen LogP contribution in [0.3, 0.4) is 0 Å². The van der Waals surface area contributed by atoms with Crippen molar-refractivity contribution >= 4 is 29.7 Å². The highest BCUT2D eigenvalue weighted by Gasteiger charge is 2.52. The first-order valence-corrected chi connectivity index (χ1v) is 9.29. The molecular formula is C20H21NO9. The van der Waals surface area contributed by atoms with Crippen LogP contribution >= 0.6 is 0 Å². The first kappa shape index (κ1) is 21.4. The minimum atomic E-state index is -1.41. The molecule has 0 radical (unpaired) electrons. The van der Waals surface area contributed by atoms with Crippen LogP contribution in [-0.2, 0) is 33.3 Å². The molecule has 2 heterocycles. The molecule has 3 rings (SSSR count). The molecule has 0 saturated carbocycles. The Balaban J connectivity index is 1.96. The van der Waals surface area contributed by atoms with Gasteiger partial charge in [-0.3, -0.25) is 28.9 Å². The summed E-state index contributed by atoms with van der Waals surface area (Å²) in [5.41, 5.74) is 0.375. The lowest BCUT2D eigenvalue weighted by Crippen LogP contribution is -2.61. The van der Waals surface area contributed by atoms with Crippen molar-refractivity contribution in [3.63, 3.8) is 0 Å². The van der Waals surface area contributed by atoms with Crippen LogP contribution in [-0.4, -0.2) is 65.8 Å². The molecule has 1 fully saturated rings. The smallest absolute Gasteiger partial charge is 0.305 e. The van der Waals surface area contributed by atoms with Gasteiger partial charge in [-0.25, -0.2) is 0 Å². The van der Waals surface area contributed by atoms with E-state index in [1.807, 2.05) is 0 Å². The Morgan fingerprint density at radius 1 is 0.967 bits per heavy atom. The summed E-state index contributed by atoms with van der Waals surface area (Å²) in [6.07, 6.45) is -3.22. The van der Waals surface area contributed by atoms with Crippen LogP contribution in [0.4, 0.5) is 0 Å². The number of rotatable bonds is 5. The standard InChI is InChI=1S/C20H21NO9/c1-10(22)27-9-13-8-16(28-11(2)23)17(20(30-13)29-12(3)24)21-18(25)14-6-4-5-7-15(14)19(21)26/h4-7,13,16-17,20H,8-9H2,1-3H3. The Hall–Kier alpha value is -3.27. The number of esters is 3. The number of hydrogen-bond acceptors (Lipinski definition) is 9. The maximum absolute atomic E-state index is 13.0. The van der Waals surface area contributed by atoms with Crippen LogP contribution in [0.5, 0.6) is 0 Å². The fourth-order valence-electron chi connectivity index (χ4n) is 3.58. The molecule has 160 valence electrons. The molecule has 0 bridgehead atoms. The van der Waals surface area contributed by atoms with Crippen LogP contribution in [0.1, 0.15) is 47.9 Å². The van der Waals surface area contributed by atoms with Gasteiger partial charge in [0.1, 0.15) is 18.8 Å². The lowest BCUT2D eigenvalue weighted by Gasteiger charge is -2.43. The zero-order valence-corrected chi connectivity index (χ0v) is 16.7. The second kappa shape index (κ2) is 8.62. The van der Waals surface area contributed by atoms with E-state index in [1.165, 1.54) is 26.0 Å². The number of nitrogens with zero attached hydrogens (tertiary/aromatic N) is 1. The highest BCUT2D eigenvalue weighted by Crippen LogP contribution is 2.34. The van der Waals surface area contributed by atoms with E-state index in [9.17, 15) is 24.0 Å². The molecule has 30 heavy (non-hydrogen) atoms. The third-order valence-electron chi connectivity index (χ3n) is 4.68. The maximum atomic E-state index is 13.0. The highest BCUT2D eigenvalue weighted by atomic mass is 16.7. The third-order valence-corrected chi connectivity index (χ3v) is 4.68. The number of hydrogen-bond donors (Lipinski definition) is 0. The quantitative estimate of drug-likeness (QED) is 0.387. The third kappa shape index (κ3) is 4.33. The van der Waals surface area contributed by atoms with Crippen molar-refractivity contribution in [2.24, 2.45) is 0 Å². The van der Waals surface area contributed by atoms with Gasteiger partial charge in [0.2, 0.25) is 6.29 Å². The molecule has 10 nitrogen and oxygen atoms in total. The van der Waals surface area contributed by atoms with Crippen molar-refractivity contribution in [3.8, 4) is 0 Å². The Bertz CT molecular complexity index is 835. The minimum Gasteiger partial charge on any atom is -0.463 e. The molecule has 2 amide bonds. The summed E-state index contributed by atoms with van der Waals surface area (Å²) in [5.74, 6) is -3.16. The van der Waals surface area contributed by atoms with Gasteiger partial charge in [0, 0.05) is 27.2 Å². The number of amides is 2. The van der Waals surface area contributed by atoms with Crippen molar-refractivity contribution in [1.29, 1.82) is 0 Å². The van der Waals surface area contributed by atoms with Gasteiger partial charge in [0.15, 0.2) is 0 Å². The second-order valence-corrected chi connectivity index (χ2v) is 6.94. The Kier molecular flexibility index (Phi) is 6.16. The van der Waals surface area contributed by atoms with E-state index >= 15 is 0 Å². The second-order valence-electron chi connectivity index (χ2n) is 6.94. The van der Waals surface area contributed by atoms with Gasteiger partial charge in [-0.05, 0) is 12.1 Å².